The minimum Gasteiger partial charge on any atom is -0.393 e. The van der Waals surface area contributed by atoms with E-state index in [9.17, 15) is 10.2 Å². The van der Waals surface area contributed by atoms with E-state index in [1.54, 1.807) is 48.5 Å². The van der Waals surface area contributed by atoms with E-state index in [0.29, 0.717) is 21.2 Å². The predicted molar refractivity (Wildman–Crippen MR) is 73.0 cm³/mol. The molecule has 2 aromatic carbocycles. The molecule has 0 bridgehead atoms. The van der Waals surface area contributed by atoms with Crippen molar-refractivity contribution in [2.75, 3.05) is 6.61 Å². The topological polar surface area (TPSA) is 40.5 Å². The summed E-state index contributed by atoms with van der Waals surface area (Å²) in [5, 5.41) is 21.0. The van der Waals surface area contributed by atoms with Crippen LogP contribution >= 0.6 is 23.2 Å². The molecule has 0 amide bonds. The average Bonchev–Trinajstić information content (AvgIpc) is 2.39. The molecule has 0 aliphatic heterocycles. The van der Waals surface area contributed by atoms with Crippen molar-refractivity contribution in [1.29, 1.82) is 0 Å². The molecule has 0 atom stereocenters. The zero-order chi connectivity index (χ0) is 13.2. The quantitative estimate of drug-likeness (QED) is 0.908. The largest absolute Gasteiger partial charge is 0.393 e. The smallest absolute Gasteiger partial charge is 0.140 e. The fraction of sp³-hybridized carbons (Fsp3) is 0.143. The number of benzene rings is 2. The lowest BCUT2D eigenvalue weighted by molar-refractivity contribution is 0.0174. The third-order valence-corrected chi connectivity index (χ3v) is 3.53. The maximum Gasteiger partial charge on any atom is 0.140 e. The first-order valence-electron chi connectivity index (χ1n) is 5.43. The van der Waals surface area contributed by atoms with Crippen LogP contribution in [-0.4, -0.2) is 16.8 Å². The molecule has 94 valence electrons. The van der Waals surface area contributed by atoms with Crippen molar-refractivity contribution in [2.24, 2.45) is 0 Å². The molecular weight excluding hydrogens is 271 g/mol. The Morgan fingerprint density at radius 2 is 1.22 bits per heavy atom. The van der Waals surface area contributed by atoms with Gasteiger partial charge in [-0.15, -0.1) is 0 Å². The molecule has 0 unspecified atom stereocenters. The van der Waals surface area contributed by atoms with E-state index < -0.39 is 12.2 Å². The van der Waals surface area contributed by atoms with Crippen molar-refractivity contribution in [3.05, 3.63) is 69.7 Å². The van der Waals surface area contributed by atoms with Gasteiger partial charge in [0.2, 0.25) is 0 Å². The number of hydrogen-bond acceptors (Lipinski definition) is 2. The standard InChI is InChI=1S/C14H12Cl2O2/c15-12-7-3-1-5-10(12)14(18,9-17)11-6-2-4-8-13(11)16/h1-8,17-18H,9H2. The average molecular weight is 283 g/mol. The van der Waals surface area contributed by atoms with Crippen LogP contribution in [0.15, 0.2) is 48.5 Å². The highest BCUT2D eigenvalue weighted by atomic mass is 35.5. The van der Waals surface area contributed by atoms with Crippen molar-refractivity contribution >= 4 is 23.2 Å². The van der Waals surface area contributed by atoms with Gasteiger partial charge in [-0.05, 0) is 12.1 Å². The Kier molecular flexibility index (Phi) is 3.93. The van der Waals surface area contributed by atoms with Crippen LogP contribution in [0.3, 0.4) is 0 Å². The second kappa shape index (κ2) is 5.29. The Bertz CT molecular complexity index is 509. The number of aliphatic hydroxyl groups is 2. The number of hydrogen-bond donors (Lipinski definition) is 2. The summed E-state index contributed by atoms with van der Waals surface area (Å²) in [6, 6.07) is 13.7. The predicted octanol–water partition coefficient (Wildman–Crippen LogP) is 3.22. The van der Waals surface area contributed by atoms with Crippen molar-refractivity contribution < 1.29 is 10.2 Å². The third-order valence-electron chi connectivity index (χ3n) is 2.87. The zero-order valence-corrected chi connectivity index (χ0v) is 11.0. The summed E-state index contributed by atoms with van der Waals surface area (Å²) in [5.74, 6) is 0. The third kappa shape index (κ3) is 2.25. The molecule has 0 radical (unpaired) electrons. The van der Waals surface area contributed by atoms with Crippen molar-refractivity contribution in [1.82, 2.24) is 0 Å². The second-order valence-electron chi connectivity index (χ2n) is 3.98. The van der Waals surface area contributed by atoms with E-state index in [2.05, 4.69) is 0 Å². The molecule has 0 aromatic heterocycles. The van der Waals surface area contributed by atoms with Crippen molar-refractivity contribution in [3.63, 3.8) is 0 Å². The molecule has 2 N–H and O–H groups in total. The first-order valence-corrected chi connectivity index (χ1v) is 6.18. The van der Waals surface area contributed by atoms with Crippen molar-refractivity contribution in [2.45, 2.75) is 5.60 Å². The number of aliphatic hydroxyl groups excluding tert-OH is 1. The van der Waals surface area contributed by atoms with E-state index in [0.717, 1.165) is 0 Å². The molecule has 0 aliphatic carbocycles. The van der Waals surface area contributed by atoms with Gasteiger partial charge in [0.05, 0.1) is 6.61 Å². The van der Waals surface area contributed by atoms with E-state index in [-0.39, 0.29) is 0 Å². The van der Waals surface area contributed by atoms with Gasteiger partial charge in [-0.3, -0.25) is 0 Å². The fourth-order valence-corrected chi connectivity index (χ4v) is 2.49. The molecule has 4 heteroatoms. The lowest BCUT2D eigenvalue weighted by Gasteiger charge is -2.28. The molecule has 0 heterocycles. The highest BCUT2D eigenvalue weighted by Crippen LogP contribution is 2.37. The Hall–Kier alpha value is -1.06. The molecule has 2 rings (SSSR count). The maximum absolute atomic E-state index is 10.7. The molecular formula is C14H12Cl2O2. The molecule has 0 saturated carbocycles. The van der Waals surface area contributed by atoms with Crippen LogP contribution in [-0.2, 0) is 5.60 Å². The molecule has 2 aromatic rings. The Labute approximate surface area is 115 Å². The normalized spacial score (nSPS) is 11.6. The Balaban J connectivity index is 2.63. The highest BCUT2D eigenvalue weighted by molar-refractivity contribution is 6.32. The number of rotatable bonds is 3. The van der Waals surface area contributed by atoms with Crippen LogP contribution < -0.4 is 0 Å². The summed E-state index contributed by atoms with van der Waals surface area (Å²) in [6.45, 7) is -0.500. The van der Waals surface area contributed by atoms with Crippen molar-refractivity contribution in [3.8, 4) is 0 Å². The van der Waals surface area contributed by atoms with Gasteiger partial charge in [0.1, 0.15) is 5.60 Å². The SMILES string of the molecule is OCC(O)(c1ccccc1Cl)c1ccccc1Cl. The zero-order valence-electron chi connectivity index (χ0n) is 9.48. The van der Waals surface area contributed by atoms with E-state index in [4.69, 9.17) is 23.2 Å². The van der Waals surface area contributed by atoms with Crippen LogP contribution in [0.2, 0.25) is 10.0 Å². The summed E-state index contributed by atoms with van der Waals surface area (Å²) in [7, 11) is 0. The molecule has 0 aliphatic rings. The monoisotopic (exact) mass is 282 g/mol. The maximum atomic E-state index is 10.7. The van der Waals surface area contributed by atoms with Crippen LogP contribution in [0.1, 0.15) is 11.1 Å². The first kappa shape index (κ1) is 13.4. The molecule has 2 nitrogen and oxygen atoms in total. The minimum atomic E-state index is -1.60. The highest BCUT2D eigenvalue weighted by Gasteiger charge is 2.34. The minimum absolute atomic E-state index is 0.383. The van der Waals surface area contributed by atoms with Gasteiger partial charge in [-0.1, -0.05) is 59.6 Å². The Morgan fingerprint density at radius 1 is 0.833 bits per heavy atom. The van der Waals surface area contributed by atoms with Gasteiger partial charge in [0.25, 0.3) is 0 Å². The van der Waals surface area contributed by atoms with Gasteiger partial charge in [-0.2, -0.15) is 0 Å². The summed E-state index contributed by atoms with van der Waals surface area (Å²) in [5.41, 5.74) is -0.735. The van der Waals surface area contributed by atoms with E-state index >= 15 is 0 Å². The van der Waals surface area contributed by atoms with Gasteiger partial charge < -0.3 is 10.2 Å². The second-order valence-corrected chi connectivity index (χ2v) is 4.79. The summed E-state index contributed by atoms with van der Waals surface area (Å²) in [4.78, 5) is 0. The van der Waals surface area contributed by atoms with Crippen LogP contribution in [0, 0.1) is 0 Å². The summed E-state index contributed by atoms with van der Waals surface area (Å²) < 4.78 is 0. The first-order chi connectivity index (χ1) is 8.59. The lowest BCUT2D eigenvalue weighted by atomic mass is 9.87. The summed E-state index contributed by atoms with van der Waals surface area (Å²) >= 11 is 12.2. The molecule has 0 fully saturated rings. The molecule has 0 spiro atoms. The lowest BCUT2D eigenvalue weighted by Crippen LogP contribution is -2.32. The van der Waals surface area contributed by atoms with Gasteiger partial charge in [0.15, 0.2) is 0 Å². The molecule has 0 saturated heterocycles. The number of halogens is 2. The van der Waals surface area contributed by atoms with Gasteiger partial charge >= 0.3 is 0 Å². The van der Waals surface area contributed by atoms with E-state index in [1.807, 2.05) is 0 Å². The Morgan fingerprint density at radius 3 is 1.56 bits per heavy atom. The van der Waals surface area contributed by atoms with Gasteiger partial charge in [0, 0.05) is 21.2 Å². The van der Waals surface area contributed by atoms with Crippen LogP contribution in [0.25, 0.3) is 0 Å². The van der Waals surface area contributed by atoms with Crippen LogP contribution in [0.5, 0.6) is 0 Å². The fourth-order valence-electron chi connectivity index (χ4n) is 1.91. The molecule has 18 heavy (non-hydrogen) atoms. The van der Waals surface area contributed by atoms with E-state index in [1.165, 1.54) is 0 Å². The van der Waals surface area contributed by atoms with Crippen LogP contribution in [0.4, 0.5) is 0 Å². The van der Waals surface area contributed by atoms with Gasteiger partial charge in [-0.25, -0.2) is 0 Å². The summed E-state index contributed by atoms with van der Waals surface area (Å²) in [6.07, 6.45) is 0.